The summed E-state index contributed by atoms with van der Waals surface area (Å²) in [6.45, 7) is 0.335. The van der Waals surface area contributed by atoms with E-state index in [1.807, 2.05) is 12.1 Å². The van der Waals surface area contributed by atoms with Crippen molar-refractivity contribution in [3.05, 3.63) is 23.9 Å². The van der Waals surface area contributed by atoms with Gasteiger partial charge in [-0.3, -0.25) is 14.9 Å². The number of hydrogen-bond acceptors (Lipinski definition) is 5. The number of urea groups is 1. The lowest BCUT2D eigenvalue weighted by atomic mass is 9.94. The van der Waals surface area contributed by atoms with E-state index in [0.717, 1.165) is 24.2 Å². The predicted octanol–water partition coefficient (Wildman–Crippen LogP) is 1.06. The van der Waals surface area contributed by atoms with E-state index in [1.54, 1.807) is 6.20 Å². The number of rotatable bonds is 6. The maximum atomic E-state index is 12.1. The van der Waals surface area contributed by atoms with E-state index in [1.165, 1.54) is 19.3 Å². The SMILES string of the molecule is CN(c1ncccc1CNC(=O)C[C@@H]1NC(=O)NC1=O)C1CCCCC1. The molecule has 140 valence electrons. The van der Waals surface area contributed by atoms with E-state index in [-0.39, 0.29) is 12.3 Å². The average molecular weight is 359 g/mol. The summed E-state index contributed by atoms with van der Waals surface area (Å²) in [5, 5.41) is 7.37. The van der Waals surface area contributed by atoms with Gasteiger partial charge < -0.3 is 15.5 Å². The Kier molecular flexibility index (Phi) is 5.70. The van der Waals surface area contributed by atoms with Gasteiger partial charge in [-0.05, 0) is 18.9 Å². The Morgan fingerprint density at radius 3 is 2.77 bits per heavy atom. The number of anilines is 1. The van der Waals surface area contributed by atoms with Gasteiger partial charge in [-0.25, -0.2) is 9.78 Å². The molecular formula is C18H25N5O3. The molecule has 0 bridgehead atoms. The molecule has 4 amide bonds. The highest BCUT2D eigenvalue weighted by Gasteiger charge is 2.31. The first-order valence-corrected chi connectivity index (χ1v) is 9.09. The minimum absolute atomic E-state index is 0.0777. The third-order valence-corrected chi connectivity index (χ3v) is 5.05. The van der Waals surface area contributed by atoms with Crippen LogP contribution in [-0.2, 0) is 16.1 Å². The number of carbonyl (C=O) groups is 3. The molecule has 3 N–H and O–H groups in total. The fraction of sp³-hybridized carbons (Fsp3) is 0.556. The molecule has 1 atom stereocenters. The zero-order valence-corrected chi connectivity index (χ0v) is 15.0. The molecule has 2 heterocycles. The molecule has 26 heavy (non-hydrogen) atoms. The van der Waals surface area contributed by atoms with Gasteiger partial charge in [0.25, 0.3) is 5.91 Å². The van der Waals surface area contributed by atoms with Crippen LogP contribution in [0.25, 0.3) is 0 Å². The fourth-order valence-electron chi connectivity index (χ4n) is 3.58. The van der Waals surface area contributed by atoms with Crippen LogP contribution in [0.3, 0.4) is 0 Å². The molecule has 0 radical (unpaired) electrons. The lowest BCUT2D eigenvalue weighted by Gasteiger charge is -2.33. The highest BCUT2D eigenvalue weighted by atomic mass is 16.2. The Hall–Kier alpha value is -2.64. The van der Waals surface area contributed by atoms with E-state index in [4.69, 9.17) is 0 Å². The summed E-state index contributed by atoms with van der Waals surface area (Å²) in [5.41, 5.74) is 0.939. The van der Waals surface area contributed by atoms with Crippen molar-refractivity contribution >= 4 is 23.7 Å². The van der Waals surface area contributed by atoms with Gasteiger partial charge in [0.1, 0.15) is 11.9 Å². The molecule has 1 aromatic rings. The molecule has 3 rings (SSSR count). The molecule has 8 nitrogen and oxygen atoms in total. The van der Waals surface area contributed by atoms with Crippen LogP contribution in [0, 0.1) is 0 Å². The van der Waals surface area contributed by atoms with Crippen molar-refractivity contribution in [2.75, 3.05) is 11.9 Å². The molecule has 2 aliphatic rings. The van der Waals surface area contributed by atoms with E-state index < -0.39 is 18.0 Å². The van der Waals surface area contributed by atoms with Crippen LogP contribution < -0.4 is 20.9 Å². The summed E-state index contributed by atoms with van der Waals surface area (Å²) >= 11 is 0. The summed E-state index contributed by atoms with van der Waals surface area (Å²) in [5.74, 6) is 0.123. The Morgan fingerprint density at radius 2 is 2.08 bits per heavy atom. The second kappa shape index (κ2) is 8.16. The van der Waals surface area contributed by atoms with Gasteiger partial charge in [-0.15, -0.1) is 0 Å². The lowest BCUT2D eigenvalue weighted by Crippen LogP contribution is -2.37. The number of imide groups is 1. The smallest absolute Gasteiger partial charge is 0.322 e. The Bertz CT molecular complexity index is 687. The number of nitrogens with one attached hydrogen (secondary N) is 3. The van der Waals surface area contributed by atoms with Gasteiger partial charge in [0.15, 0.2) is 0 Å². The quantitative estimate of drug-likeness (QED) is 0.659. The number of aromatic nitrogens is 1. The summed E-state index contributed by atoms with van der Waals surface area (Å²) in [4.78, 5) is 41.5. The molecule has 1 aromatic heterocycles. The summed E-state index contributed by atoms with van der Waals surface area (Å²) in [7, 11) is 2.06. The molecule has 0 aromatic carbocycles. The molecule has 1 aliphatic heterocycles. The van der Waals surface area contributed by atoms with Crippen LogP contribution in [0.2, 0.25) is 0 Å². The molecule has 0 unspecified atom stereocenters. The largest absolute Gasteiger partial charge is 0.356 e. The van der Waals surface area contributed by atoms with Crippen LogP contribution in [0.4, 0.5) is 10.6 Å². The maximum absolute atomic E-state index is 12.1. The van der Waals surface area contributed by atoms with Gasteiger partial charge in [-0.2, -0.15) is 0 Å². The van der Waals surface area contributed by atoms with Crippen LogP contribution in [0.5, 0.6) is 0 Å². The van der Waals surface area contributed by atoms with Gasteiger partial charge >= 0.3 is 6.03 Å². The summed E-state index contributed by atoms with van der Waals surface area (Å²) in [6, 6.07) is 2.92. The first-order valence-electron chi connectivity index (χ1n) is 9.09. The molecule has 2 fully saturated rings. The monoisotopic (exact) mass is 359 g/mol. The highest BCUT2D eigenvalue weighted by Crippen LogP contribution is 2.26. The van der Waals surface area contributed by atoms with Gasteiger partial charge in [-0.1, -0.05) is 25.3 Å². The molecule has 8 heteroatoms. The minimum Gasteiger partial charge on any atom is -0.356 e. The zero-order chi connectivity index (χ0) is 18.5. The first-order chi connectivity index (χ1) is 12.5. The molecule has 0 spiro atoms. The van der Waals surface area contributed by atoms with Crippen molar-refractivity contribution in [2.24, 2.45) is 0 Å². The van der Waals surface area contributed by atoms with Crippen molar-refractivity contribution < 1.29 is 14.4 Å². The Labute approximate surface area is 152 Å². The van der Waals surface area contributed by atoms with Crippen LogP contribution in [0.15, 0.2) is 18.3 Å². The van der Waals surface area contributed by atoms with Crippen molar-refractivity contribution in [3.63, 3.8) is 0 Å². The number of amides is 4. The summed E-state index contributed by atoms with van der Waals surface area (Å²) in [6.07, 6.45) is 7.78. The topological polar surface area (TPSA) is 103 Å². The van der Waals surface area contributed by atoms with Crippen molar-refractivity contribution in [2.45, 2.75) is 57.2 Å². The Balaban J connectivity index is 1.58. The molecular weight excluding hydrogens is 334 g/mol. The lowest BCUT2D eigenvalue weighted by molar-refractivity contribution is -0.126. The van der Waals surface area contributed by atoms with E-state index in [9.17, 15) is 14.4 Å². The van der Waals surface area contributed by atoms with Gasteiger partial charge in [0.05, 0.1) is 6.42 Å². The fourth-order valence-corrected chi connectivity index (χ4v) is 3.58. The highest BCUT2D eigenvalue weighted by molar-refractivity contribution is 6.05. The van der Waals surface area contributed by atoms with Gasteiger partial charge in [0, 0.05) is 31.4 Å². The average Bonchev–Trinajstić information content (AvgIpc) is 2.97. The third-order valence-electron chi connectivity index (χ3n) is 5.05. The van der Waals surface area contributed by atoms with Crippen LogP contribution >= 0.6 is 0 Å². The summed E-state index contributed by atoms with van der Waals surface area (Å²) < 4.78 is 0. The predicted molar refractivity (Wildman–Crippen MR) is 96.4 cm³/mol. The van der Waals surface area contributed by atoms with Crippen LogP contribution in [0.1, 0.15) is 44.1 Å². The Morgan fingerprint density at radius 1 is 1.31 bits per heavy atom. The van der Waals surface area contributed by atoms with Crippen molar-refractivity contribution in [3.8, 4) is 0 Å². The van der Waals surface area contributed by atoms with Gasteiger partial charge in [0.2, 0.25) is 5.91 Å². The number of hydrogen-bond donors (Lipinski definition) is 3. The van der Waals surface area contributed by atoms with E-state index in [0.29, 0.717) is 12.6 Å². The van der Waals surface area contributed by atoms with E-state index >= 15 is 0 Å². The van der Waals surface area contributed by atoms with Crippen molar-refractivity contribution in [1.29, 1.82) is 0 Å². The number of nitrogens with zero attached hydrogens (tertiary/aromatic N) is 2. The maximum Gasteiger partial charge on any atom is 0.322 e. The molecule has 1 aliphatic carbocycles. The van der Waals surface area contributed by atoms with Crippen molar-refractivity contribution in [1.82, 2.24) is 20.9 Å². The van der Waals surface area contributed by atoms with Crippen LogP contribution in [-0.4, -0.2) is 42.0 Å². The molecule has 1 saturated heterocycles. The standard InChI is InChI=1S/C18H25N5O3/c1-23(13-7-3-2-4-8-13)16-12(6-5-9-19-16)11-20-15(24)10-14-17(25)22-18(26)21-14/h5-6,9,13-14H,2-4,7-8,10-11H2,1H3,(H,20,24)(H2,21,22,25,26)/t14-/m0/s1. The minimum atomic E-state index is -0.805. The zero-order valence-electron chi connectivity index (χ0n) is 15.0. The van der Waals surface area contributed by atoms with E-state index in [2.05, 4.69) is 32.9 Å². The molecule has 1 saturated carbocycles. The normalized spacial score (nSPS) is 20.4. The number of pyridine rings is 1. The third kappa shape index (κ3) is 4.30. The second-order valence-electron chi connectivity index (χ2n) is 6.89. The second-order valence-corrected chi connectivity index (χ2v) is 6.89. The first kappa shape index (κ1) is 18.2. The number of carbonyl (C=O) groups excluding carboxylic acids is 3.